The van der Waals surface area contributed by atoms with Gasteiger partial charge in [0.15, 0.2) is 0 Å². The number of nitrogens with one attached hydrogen (secondary N) is 2. The van der Waals surface area contributed by atoms with Gasteiger partial charge < -0.3 is 25.2 Å². The van der Waals surface area contributed by atoms with Gasteiger partial charge in [0, 0.05) is 38.5 Å². The van der Waals surface area contributed by atoms with Crippen LogP contribution >= 0.6 is 11.3 Å². The lowest BCUT2D eigenvalue weighted by Gasteiger charge is -2.38. The van der Waals surface area contributed by atoms with E-state index in [0.29, 0.717) is 32.5 Å². The molecule has 2 N–H and O–H groups in total. The lowest BCUT2D eigenvalue weighted by atomic mass is 9.88. The first-order valence-electron chi connectivity index (χ1n) is 14.3. The molecule has 0 saturated carbocycles. The van der Waals surface area contributed by atoms with Gasteiger partial charge in [0.25, 0.3) is 0 Å². The molecule has 3 aromatic rings. The first-order chi connectivity index (χ1) is 19.9. The summed E-state index contributed by atoms with van der Waals surface area (Å²) in [7, 11) is 3.23. The summed E-state index contributed by atoms with van der Waals surface area (Å²) in [4.78, 5) is 52.9. The Bertz CT molecular complexity index is 1370. The summed E-state index contributed by atoms with van der Waals surface area (Å²) in [6.45, 7) is 3.50. The number of piperidine rings is 1. The summed E-state index contributed by atoms with van der Waals surface area (Å²) in [6, 6.07) is 10.7. The first-order valence-corrected chi connectivity index (χ1v) is 15.1. The van der Waals surface area contributed by atoms with Crippen LogP contribution in [0.2, 0.25) is 0 Å². The number of hydrogen-bond donors (Lipinski definition) is 2. The highest BCUT2D eigenvalue weighted by Crippen LogP contribution is 2.39. The van der Waals surface area contributed by atoms with E-state index in [1.165, 1.54) is 7.11 Å². The molecule has 2 fully saturated rings. The Morgan fingerprint density at radius 1 is 1.10 bits per heavy atom. The van der Waals surface area contributed by atoms with Crippen molar-refractivity contribution in [3.05, 3.63) is 47.6 Å². The van der Waals surface area contributed by atoms with Gasteiger partial charge in [-0.2, -0.15) is 0 Å². The molecule has 0 spiro atoms. The summed E-state index contributed by atoms with van der Waals surface area (Å²) in [5.74, 6) is -0.418. The van der Waals surface area contributed by atoms with E-state index >= 15 is 0 Å². The van der Waals surface area contributed by atoms with E-state index in [-0.39, 0.29) is 36.3 Å². The van der Waals surface area contributed by atoms with Gasteiger partial charge in [0.2, 0.25) is 17.7 Å². The summed E-state index contributed by atoms with van der Waals surface area (Å²) in [5, 5.41) is 6.93. The third-order valence-corrected chi connectivity index (χ3v) is 9.34. The highest BCUT2D eigenvalue weighted by Gasteiger charge is 2.41. The van der Waals surface area contributed by atoms with E-state index in [1.54, 1.807) is 30.2 Å². The highest BCUT2D eigenvalue weighted by atomic mass is 32.1. The number of likely N-dealkylation sites (tertiary alicyclic amines) is 2. The van der Waals surface area contributed by atoms with Crippen LogP contribution in [0.1, 0.15) is 43.7 Å². The predicted molar refractivity (Wildman–Crippen MR) is 158 cm³/mol. The number of thiazole rings is 1. The van der Waals surface area contributed by atoms with Gasteiger partial charge in [-0.25, -0.2) is 4.98 Å². The number of nitrogens with zero attached hydrogens (tertiary/aromatic N) is 4. The molecule has 2 saturated heterocycles. The maximum Gasteiger partial charge on any atom is 0.248 e. The van der Waals surface area contributed by atoms with Gasteiger partial charge in [0.1, 0.15) is 23.2 Å². The molecular weight excluding hydrogens is 540 g/mol. The van der Waals surface area contributed by atoms with Crippen molar-refractivity contribution in [1.82, 2.24) is 30.4 Å². The van der Waals surface area contributed by atoms with Crippen LogP contribution in [-0.4, -0.2) is 90.0 Å². The molecule has 3 amide bonds. The molecule has 11 heteroatoms. The molecule has 3 atom stereocenters. The monoisotopic (exact) mass is 578 g/mol. The first kappa shape index (κ1) is 29.1. The number of methoxy groups -OCH3 is 1. The Kier molecular flexibility index (Phi) is 9.26. The van der Waals surface area contributed by atoms with Crippen molar-refractivity contribution >= 4 is 39.3 Å². The Labute approximate surface area is 244 Å². The standard InChI is InChI=1S/C30H38N6O4S/c1-19(31-2)28(38)33-26(21-12-16-35(17-13-21)24(37)18-40-3)30(39)36-15-7-10-22(36)29-34-27-23(41-29)11-14-32-25(27)20-8-5-4-6-9-20/h4-6,8-9,11,14,19,21-22,26,31H,7,10,12-13,15-18H2,1-3H3,(H,33,38)/t19-,22-,26-/m0/s1. The zero-order valence-corrected chi connectivity index (χ0v) is 24.7. The minimum absolute atomic E-state index is 0.0442. The molecule has 2 aromatic heterocycles. The number of pyridine rings is 1. The van der Waals surface area contributed by atoms with Crippen molar-refractivity contribution in [3.8, 4) is 11.3 Å². The third kappa shape index (κ3) is 6.27. The van der Waals surface area contributed by atoms with E-state index < -0.39 is 12.1 Å². The highest BCUT2D eigenvalue weighted by molar-refractivity contribution is 7.18. The molecule has 0 radical (unpaired) electrons. The molecule has 5 rings (SSSR count). The Balaban J connectivity index is 1.39. The Hall–Kier alpha value is -3.41. The smallest absolute Gasteiger partial charge is 0.248 e. The number of fused-ring (bicyclic) bond motifs is 1. The maximum atomic E-state index is 14.3. The minimum Gasteiger partial charge on any atom is -0.375 e. The predicted octanol–water partition coefficient (Wildman–Crippen LogP) is 3.00. The molecular formula is C30H38N6O4S. The molecule has 0 unspecified atom stereocenters. The number of carbonyl (C=O) groups is 3. The van der Waals surface area contributed by atoms with Crippen molar-refractivity contribution < 1.29 is 19.1 Å². The van der Waals surface area contributed by atoms with Crippen molar-refractivity contribution in [3.63, 3.8) is 0 Å². The number of likely N-dealkylation sites (N-methyl/N-ethyl adjacent to an activating group) is 1. The van der Waals surface area contributed by atoms with Gasteiger partial charge in [-0.3, -0.25) is 19.4 Å². The van der Waals surface area contributed by atoms with Gasteiger partial charge >= 0.3 is 0 Å². The van der Waals surface area contributed by atoms with Gasteiger partial charge in [-0.15, -0.1) is 11.3 Å². The number of aromatic nitrogens is 2. The number of rotatable bonds is 9. The lowest BCUT2D eigenvalue weighted by molar-refractivity contribution is -0.141. The zero-order valence-electron chi connectivity index (χ0n) is 23.8. The van der Waals surface area contributed by atoms with E-state index in [4.69, 9.17) is 9.72 Å². The second-order valence-corrected chi connectivity index (χ2v) is 11.8. The average molecular weight is 579 g/mol. The number of benzene rings is 1. The fourth-order valence-corrected chi connectivity index (χ4v) is 6.89. The summed E-state index contributed by atoms with van der Waals surface area (Å²) in [5.41, 5.74) is 2.69. The van der Waals surface area contributed by atoms with Crippen molar-refractivity contribution in [2.75, 3.05) is 40.4 Å². The fraction of sp³-hybridized carbons (Fsp3) is 0.500. The van der Waals surface area contributed by atoms with Crippen LogP contribution in [0.15, 0.2) is 42.6 Å². The van der Waals surface area contributed by atoms with E-state index in [0.717, 1.165) is 39.3 Å². The molecule has 4 heterocycles. The number of ether oxygens (including phenoxy) is 1. The summed E-state index contributed by atoms with van der Waals surface area (Å²) < 4.78 is 6.05. The van der Waals surface area contributed by atoms with Crippen LogP contribution in [0.4, 0.5) is 0 Å². The van der Waals surface area contributed by atoms with Crippen molar-refractivity contribution in [2.45, 2.75) is 50.7 Å². The normalized spacial score (nSPS) is 19.3. The lowest BCUT2D eigenvalue weighted by Crippen LogP contribution is -2.57. The molecule has 218 valence electrons. The number of carbonyl (C=O) groups excluding carboxylic acids is 3. The Morgan fingerprint density at radius 2 is 1.85 bits per heavy atom. The largest absolute Gasteiger partial charge is 0.375 e. The van der Waals surface area contributed by atoms with Crippen LogP contribution in [0, 0.1) is 5.92 Å². The van der Waals surface area contributed by atoms with Crippen LogP contribution in [0.5, 0.6) is 0 Å². The summed E-state index contributed by atoms with van der Waals surface area (Å²) >= 11 is 1.60. The van der Waals surface area contributed by atoms with Crippen LogP contribution in [0.25, 0.3) is 21.5 Å². The fourth-order valence-electron chi connectivity index (χ4n) is 5.78. The second-order valence-electron chi connectivity index (χ2n) is 10.8. The van der Waals surface area contributed by atoms with Crippen LogP contribution in [0.3, 0.4) is 0 Å². The topological polar surface area (TPSA) is 117 Å². The molecule has 10 nitrogen and oxygen atoms in total. The third-order valence-electron chi connectivity index (χ3n) is 8.21. The van der Waals surface area contributed by atoms with E-state index in [2.05, 4.69) is 15.6 Å². The number of hydrogen-bond acceptors (Lipinski definition) is 8. The van der Waals surface area contributed by atoms with E-state index in [1.807, 2.05) is 47.5 Å². The van der Waals surface area contributed by atoms with Gasteiger partial charge in [0.05, 0.1) is 22.5 Å². The Morgan fingerprint density at radius 3 is 2.56 bits per heavy atom. The molecule has 0 aliphatic carbocycles. The average Bonchev–Trinajstić information content (AvgIpc) is 3.67. The second kappa shape index (κ2) is 13.1. The van der Waals surface area contributed by atoms with Gasteiger partial charge in [-0.1, -0.05) is 30.3 Å². The zero-order chi connectivity index (χ0) is 28.9. The maximum absolute atomic E-state index is 14.3. The van der Waals surface area contributed by atoms with E-state index in [9.17, 15) is 14.4 Å². The van der Waals surface area contributed by atoms with Crippen molar-refractivity contribution in [1.29, 1.82) is 0 Å². The van der Waals surface area contributed by atoms with Crippen LogP contribution < -0.4 is 10.6 Å². The van der Waals surface area contributed by atoms with Crippen LogP contribution in [-0.2, 0) is 19.1 Å². The minimum atomic E-state index is -0.672. The van der Waals surface area contributed by atoms with Crippen molar-refractivity contribution in [2.24, 2.45) is 5.92 Å². The van der Waals surface area contributed by atoms with Gasteiger partial charge in [-0.05, 0) is 51.6 Å². The SMILES string of the molecule is CN[C@@H](C)C(=O)N[C@H](C(=O)N1CCC[C@H]1c1nc2c(-c3ccccc3)nccc2s1)C1CCN(C(=O)COC)CC1. The quantitative estimate of drug-likeness (QED) is 0.401. The molecule has 41 heavy (non-hydrogen) atoms. The molecule has 1 aromatic carbocycles. The molecule has 0 bridgehead atoms. The molecule has 2 aliphatic heterocycles. The number of amides is 3. The molecule has 2 aliphatic rings. The summed E-state index contributed by atoms with van der Waals surface area (Å²) in [6.07, 6.45) is 4.75.